The highest BCUT2D eigenvalue weighted by Gasteiger charge is 2.07. The Morgan fingerprint density at radius 1 is 1.43 bits per heavy atom. The van der Waals surface area contributed by atoms with E-state index < -0.39 is 0 Å². The van der Waals surface area contributed by atoms with Crippen LogP contribution in [0.25, 0.3) is 0 Å². The summed E-state index contributed by atoms with van der Waals surface area (Å²) in [5.74, 6) is 0. The first-order chi connectivity index (χ1) is 10.2. The molecule has 0 fully saturated rings. The molecule has 6 nitrogen and oxygen atoms in total. The van der Waals surface area contributed by atoms with E-state index in [1.165, 1.54) is 4.68 Å². The summed E-state index contributed by atoms with van der Waals surface area (Å²) in [5.41, 5.74) is 0.571. The third-order valence-electron chi connectivity index (χ3n) is 3.00. The van der Waals surface area contributed by atoms with E-state index in [1.807, 2.05) is 17.1 Å². The van der Waals surface area contributed by atoms with Crippen molar-refractivity contribution in [2.24, 2.45) is 0 Å². The Labute approximate surface area is 131 Å². The van der Waals surface area contributed by atoms with Crippen LogP contribution in [0.2, 0.25) is 0 Å². The van der Waals surface area contributed by atoms with Gasteiger partial charge in [-0.05, 0) is 28.8 Å². The van der Waals surface area contributed by atoms with Crippen LogP contribution in [0.1, 0.15) is 12.8 Å². The van der Waals surface area contributed by atoms with Gasteiger partial charge in [0.05, 0.1) is 24.8 Å². The van der Waals surface area contributed by atoms with Crippen molar-refractivity contribution in [3.63, 3.8) is 0 Å². The largest absolute Gasteiger partial charge is 0.383 e. The summed E-state index contributed by atoms with van der Waals surface area (Å²) in [7, 11) is 0. The monoisotopic (exact) mass is 351 g/mol. The summed E-state index contributed by atoms with van der Waals surface area (Å²) in [6, 6.07) is 0. The summed E-state index contributed by atoms with van der Waals surface area (Å²) in [5, 5.41) is 7.33. The van der Waals surface area contributed by atoms with Gasteiger partial charge in [0.15, 0.2) is 0 Å². The van der Waals surface area contributed by atoms with Crippen molar-refractivity contribution in [2.75, 3.05) is 11.9 Å². The molecule has 0 aliphatic heterocycles. The minimum atomic E-state index is -0.154. The van der Waals surface area contributed by atoms with Crippen molar-refractivity contribution in [3.05, 3.63) is 52.4 Å². The maximum absolute atomic E-state index is 12.0. The van der Waals surface area contributed by atoms with E-state index in [1.54, 1.807) is 18.5 Å². The van der Waals surface area contributed by atoms with Crippen LogP contribution >= 0.6 is 15.9 Å². The van der Waals surface area contributed by atoms with E-state index in [0.29, 0.717) is 11.0 Å². The van der Waals surface area contributed by atoms with E-state index in [0.717, 1.165) is 31.6 Å². The van der Waals surface area contributed by atoms with Gasteiger partial charge in [0.1, 0.15) is 4.47 Å². The number of halogens is 1. The number of rotatable bonds is 8. The molecule has 2 heterocycles. The average Bonchev–Trinajstić information content (AvgIpc) is 2.99. The Kier molecular flexibility index (Phi) is 5.74. The third-order valence-corrected chi connectivity index (χ3v) is 3.77. The molecule has 0 aromatic carbocycles. The number of imidazole rings is 1. The van der Waals surface area contributed by atoms with E-state index >= 15 is 0 Å². The second-order valence-corrected chi connectivity index (χ2v) is 5.38. The van der Waals surface area contributed by atoms with Crippen LogP contribution in [-0.2, 0) is 13.1 Å². The van der Waals surface area contributed by atoms with Crippen LogP contribution in [0.5, 0.6) is 0 Å². The molecule has 112 valence electrons. The summed E-state index contributed by atoms with van der Waals surface area (Å²) in [6.45, 7) is 5.75. The zero-order chi connectivity index (χ0) is 15.1. The van der Waals surface area contributed by atoms with Crippen molar-refractivity contribution in [1.29, 1.82) is 0 Å². The smallest absolute Gasteiger partial charge is 0.283 e. The fraction of sp³-hybridized carbons (Fsp3) is 0.357. The second-order valence-electron chi connectivity index (χ2n) is 4.58. The molecule has 2 rings (SSSR count). The molecule has 0 radical (unpaired) electrons. The third kappa shape index (κ3) is 4.29. The van der Waals surface area contributed by atoms with Gasteiger partial charge in [-0.3, -0.25) is 4.79 Å². The van der Waals surface area contributed by atoms with Crippen molar-refractivity contribution in [1.82, 2.24) is 19.3 Å². The summed E-state index contributed by atoms with van der Waals surface area (Å²) < 4.78 is 3.92. The van der Waals surface area contributed by atoms with Gasteiger partial charge in [-0.1, -0.05) is 6.08 Å². The lowest BCUT2D eigenvalue weighted by Gasteiger charge is -2.09. The normalized spacial score (nSPS) is 10.5. The molecule has 0 aliphatic rings. The van der Waals surface area contributed by atoms with E-state index in [4.69, 9.17) is 0 Å². The van der Waals surface area contributed by atoms with Crippen molar-refractivity contribution >= 4 is 21.6 Å². The molecule has 2 aromatic heterocycles. The molecule has 2 aromatic rings. The lowest BCUT2D eigenvalue weighted by molar-refractivity contribution is 0.619. The molecule has 0 saturated carbocycles. The highest BCUT2D eigenvalue weighted by Crippen LogP contribution is 2.16. The van der Waals surface area contributed by atoms with Gasteiger partial charge in [-0.25, -0.2) is 9.67 Å². The standard InChI is InChI=1S/C14H18BrN5O/c1-2-7-20-14(21)13(15)12(10-18-20)17-5-3-4-8-19-9-6-16-11-19/h2,6,9-11,17H,1,3-5,7-8H2. The first-order valence-electron chi connectivity index (χ1n) is 6.78. The lowest BCUT2D eigenvalue weighted by atomic mass is 10.3. The van der Waals surface area contributed by atoms with Gasteiger partial charge < -0.3 is 9.88 Å². The quantitative estimate of drug-likeness (QED) is 0.585. The van der Waals surface area contributed by atoms with Gasteiger partial charge in [0.25, 0.3) is 5.56 Å². The zero-order valence-corrected chi connectivity index (χ0v) is 13.3. The minimum absolute atomic E-state index is 0.154. The van der Waals surface area contributed by atoms with Crippen molar-refractivity contribution in [3.8, 4) is 0 Å². The topological polar surface area (TPSA) is 64.7 Å². The first-order valence-corrected chi connectivity index (χ1v) is 7.58. The molecule has 0 bridgehead atoms. The Hall–Kier alpha value is -1.89. The van der Waals surface area contributed by atoms with E-state index in [2.05, 4.69) is 37.9 Å². The minimum Gasteiger partial charge on any atom is -0.383 e. The van der Waals surface area contributed by atoms with Gasteiger partial charge in [-0.2, -0.15) is 5.10 Å². The van der Waals surface area contributed by atoms with Crippen LogP contribution in [0, 0.1) is 0 Å². The van der Waals surface area contributed by atoms with Gasteiger partial charge in [-0.15, -0.1) is 6.58 Å². The molecular formula is C14H18BrN5O. The number of allylic oxidation sites excluding steroid dienone is 1. The lowest BCUT2D eigenvalue weighted by Crippen LogP contribution is -2.24. The number of aryl methyl sites for hydroxylation is 1. The number of anilines is 1. The predicted octanol–water partition coefficient (Wildman–Crippen LogP) is 2.28. The van der Waals surface area contributed by atoms with E-state index in [-0.39, 0.29) is 5.56 Å². The fourth-order valence-corrected chi connectivity index (χ4v) is 2.35. The molecule has 7 heteroatoms. The van der Waals surface area contributed by atoms with Crippen LogP contribution in [-0.4, -0.2) is 25.9 Å². The van der Waals surface area contributed by atoms with E-state index in [9.17, 15) is 4.79 Å². The summed E-state index contributed by atoms with van der Waals surface area (Å²) in [4.78, 5) is 16.0. The van der Waals surface area contributed by atoms with Gasteiger partial charge in [0, 0.05) is 25.5 Å². The Morgan fingerprint density at radius 3 is 3.00 bits per heavy atom. The molecule has 0 unspecified atom stereocenters. The predicted molar refractivity (Wildman–Crippen MR) is 86.3 cm³/mol. The number of nitrogens with zero attached hydrogens (tertiary/aromatic N) is 4. The van der Waals surface area contributed by atoms with Crippen LogP contribution in [0.4, 0.5) is 5.69 Å². The summed E-state index contributed by atoms with van der Waals surface area (Å²) >= 11 is 3.32. The molecule has 1 N–H and O–H groups in total. The zero-order valence-electron chi connectivity index (χ0n) is 11.7. The average molecular weight is 352 g/mol. The highest BCUT2D eigenvalue weighted by atomic mass is 79.9. The first kappa shape index (κ1) is 15.5. The van der Waals surface area contributed by atoms with Gasteiger partial charge >= 0.3 is 0 Å². The molecule has 0 atom stereocenters. The molecule has 21 heavy (non-hydrogen) atoms. The van der Waals surface area contributed by atoms with Crippen LogP contribution < -0.4 is 10.9 Å². The molecule has 0 spiro atoms. The number of hydrogen-bond donors (Lipinski definition) is 1. The summed E-state index contributed by atoms with van der Waals surface area (Å²) in [6.07, 6.45) is 10.9. The van der Waals surface area contributed by atoms with Crippen molar-refractivity contribution < 1.29 is 0 Å². The Bertz CT molecular complexity index is 635. The fourth-order valence-electron chi connectivity index (χ4n) is 1.90. The second kappa shape index (κ2) is 7.78. The number of nitrogens with one attached hydrogen (secondary N) is 1. The number of aromatic nitrogens is 4. The maximum Gasteiger partial charge on any atom is 0.283 e. The molecule has 0 amide bonds. The molecular weight excluding hydrogens is 334 g/mol. The maximum atomic E-state index is 12.0. The molecule has 0 aliphatic carbocycles. The van der Waals surface area contributed by atoms with Crippen LogP contribution in [0.3, 0.4) is 0 Å². The highest BCUT2D eigenvalue weighted by molar-refractivity contribution is 9.10. The van der Waals surface area contributed by atoms with Crippen LogP contribution in [0.15, 0.2) is 46.8 Å². The number of unbranched alkanes of at least 4 members (excludes halogenated alkanes) is 1. The molecule has 0 saturated heterocycles. The number of hydrogen-bond acceptors (Lipinski definition) is 4. The SMILES string of the molecule is C=CCn1ncc(NCCCCn2ccnc2)c(Br)c1=O. The van der Waals surface area contributed by atoms with Gasteiger partial charge in [0.2, 0.25) is 0 Å². The van der Waals surface area contributed by atoms with Crippen molar-refractivity contribution in [2.45, 2.75) is 25.9 Å². The Morgan fingerprint density at radius 2 is 2.29 bits per heavy atom. The Balaban J connectivity index is 1.81.